The van der Waals surface area contributed by atoms with Gasteiger partial charge in [-0.15, -0.1) is 0 Å². The minimum Gasteiger partial charge on any atom is -0.490 e. The summed E-state index contributed by atoms with van der Waals surface area (Å²) in [7, 11) is 1.60. The number of hydrogen-bond donors (Lipinski definition) is 3. The van der Waals surface area contributed by atoms with E-state index in [0.717, 1.165) is 6.42 Å². The molecule has 0 radical (unpaired) electrons. The molecular formula is C33H44F4N4O6. The highest BCUT2D eigenvalue weighted by atomic mass is 19.4. The molecule has 0 aliphatic carbocycles. The van der Waals surface area contributed by atoms with Gasteiger partial charge in [-0.2, -0.15) is 13.2 Å². The van der Waals surface area contributed by atoms with Crippen molar-refractivity contribution < 1.29 is 46.5 Å². The number of carbonyl (C=O) groups excluding carboxylic acids is 3. The highest BCUT2D eigenvalue weighted by Crippen LogP contribution is 2.29. The zero-order chi connectivity index (χ0) is 34.7. The number of aliphatic hydroxyl groups excluding tert-OH is 1. The molecule has 0 saturated heterocycles. The summed E-state index contributed by atoms with van der Waals surface area (Å²) in [4.78, 5) is 42.2. The summed E-state index contributed by atoms with van der Waals surface area (Å²) in [6.45, 7) is 5.67. The number of benzene rings is 2. The van der Waals surface area contributed by atoms with Gasteiger partial charge in [0.15, 0.2) is 0 Å². The number of alkyl halides is 3. The Kier molecular flexibility index (Phi) is 13.8. The fourth-order valence-corrected chi connectivity index (χ4v) is 5.05. The average Bonchev–Trinajstić information content (AvgIpc) is 3.02. The number of carbonyl (C=O) groups is 3. The SMILES string of the molecule is C[C@@H]1CCCCO[C@@H](CN(C)C(=O)Nc2ccc(F)cc2)[C@H](C)CN([C@@H](C)CO)C(=O)c2cc(NC(=O)CCC(F)(F)F)ccc2O1. The molecular weight excluding hydrogens is 624 g/mol. The van der Waals surface area contributed by atoms with E-state index in [1.807, 2.05) is 13.8 Å². The third-order valence-corrected chi connectivity index (χ3v) is 7.87. The third-order valence-electron chi connectivity index (χ3n) is 7.87. The molecule has 1 aliphatic heterocycles. The summed E-state index contributed by atoms with van der Waals surface area (Å²) < 4.78 is 63.6. The predicted molar refractivity (Wildman–Crippen MR) is 169 cm³/mol. The Bertz CT molecular complexity index is 1340. The maximum Gasteiger partial charge on any atom is 0.389 e. The first-order valence-corrected chi connectivity index (χ1v) is 15.6. The normalized spacial score (nSPS) is 20.3. The van der Waals surface area contributed by atoms with Gasteiger partial charge in [0, 0.05) is 50.5 Å². The van der Waals surface area contributed by atoms with Crippen molar-refractivity contribution in [1.82, 2.24) is 9.80 Å². The molecule has 1 aliphatic rings. The molecule has 4 atom stereocenters. The van der Waals surface area contributed by atoms with Gasteiger partial charge >= 0.3 is 12.2 Å². The van der Waals surface area contributed by atoms with Crippen LogP contribution >= 0.6 is 0 Å². The fraction of sp³-hybridized carbons (Fsp3) is 0.545. The summed E-state index contributed by atoms with van der Waals surface area (Å²) in [5, 5.41) is 15.2. The Labute approximate surface area is 272 Å². The molecule has 10 nitrogen and oxygen atoms in total. The lowest BCUT2D eigenvalue weighted by Gasteiger charge is -2.35. The van der Waals surface area contributed by atoms with Crippen molar-refractivity contribution in [2.24, 2.45) is 5.92 Å². The van der Waals surface area contributed by atoms with E-state index in [1.165, 1.54) is 52.3 Å². The van der Waals surface area contributed by atoms with Gasteiger partial charge in [0.2, 0.25) is 5.91 Å². The van der Waals surface area contributed by atoms with Crippen molar-refractivity contribution in [2.75, 3.05) is 44.0 Å². The first kappa shape index (κ1) is 37.5. The lowest BCUT2D eigenvalue weighted by molar-refractivity contribution is -0.142. The first-order valence-electron chi connectivity index (χ1n) is 15.6. The lowest BCUT2D eigenvalue weighted by Crippen LogP contribution is -2.48. The molecule has 260 valence electrons. The van der Waals surface area contributed by atoms with Crippen LogP contribution in [0.3, 0.4) is 0 Å². The summed E-state index contributed by atoms with van der Waals surface area (Å²) in [6, 6.07) is 8.61. The number of fused-ring (bicyclic) bond motifs is 1. The summed E-state index contributed by atoms with van der Waals surface area (Å²) in [6.07, 6.45) is -5.30. The minimum absolute atomic E-state index is 0.0725. The van der Waals surface area contributed by atoms with Crippen LogP contribution in [0, 0.1) is 11.7 Å². The van der Waals surface area contributed by atoms with Crippen LogP contribution in [0.2, 0.25) is 0 Å². The highest BCUT2D eigenvalue weighted by Gasteiger charge is 2.31. The number of nitrogens with zero attached hydrogens (tertiary/aromatic N) is 2. The molecule has 0 spiro atoms. The maximum atomic E-state index is 14.1. The Morgan fingerprint density at radius 1 is 1.09 bits per heavy atom. The number of anilines is 2. The second kappa shape index (κ2) is 17.3. The lowest BCUT2D eigenvalue weighted by atomic mass is 10.0. The number of likely N-dealkylation sites (N-methyl/N-ethyl adjacent to an activating group) is 1. The molecule has 0 unspecified atom stereocenters. The zero-order valence-corrected chi connectivity index (χ0v) is 27.1. The van der Waals surface area contributed by atoms with Crippen LogP contribution in [0.5, 0.6) is 5.75 Å². The molecule has 0 saturated carbocycles. The summed E-state index contributed by atoms with van der Waals surface area (Å²) >= 11 is 0. The van der Waals surface area contributed by atoms with Crippen molar-refractivity contribution in [2.45, 2.75) is 77.3 Å². The van der Waals surface area contributed by atoms with Gasteiger partial charge in [0.05, 0.1) is 36.8 Å². The number of ether oxygens (including phenoxy) is 2. The fourth-order valence-electron chi connectivity index (χ4n) is 5.05. The monoisotopic (exact) mass is 668 g/mol. The average molecular weight is 669 g/mol. The van der Waals surface area contributed by atoms with Gasteiger partial charge < -0.3 is 35.0 Å². The molecule has 14 heteroatoms. The van der Waals surface area contributed by atoms with Gasteiger partial charge in [-0.05, 0) is 75.6 Å². The predicted octanol–water partition coefficient (Wildman–Crippen LogP) is 6.07. The Hall–Kier alpha value is -3.91. The highest BCUT2D eigenvalue weighted by molar-refractivity contribution is 5.99. The van der Waals surface area contributed by atoms with Crippen molar-refractivity contribution in [3.63, 3.8) is 0 Å². The first-order chi connectivity index (χ1) is 22.2. The van der Waals surface area contributed by atoms with Crippen molar-refractivity contribution >= 4 is 29.2 Å². The molecule has 47 heavy (non-hydrogen) atoms. The van der Waals surface area contributed by atoms with E-state index in [1.54, 1.807) is 14.0 Å². The van der Waals surface area contributed by atoms with Crippen LogP contribution in [0.25, 0.3) is 0 Å². The molecule has 1 heterocycles. The van der Waals surface area contributed by atoms with Crippen LogP contribution in [0.1, 0.15) is 63.2 Å². The largest absolute Gasteiger partial charge is 0.490 e. The number of rotatable bonds is 8. The van der Waals surface area contributed by atoms with Crippen molar-refractivity contribution in [3.8, 4) is 5.75 Å². The number of amides is 4. The van der Waals surface area contributed by atoms with Crippen molar-refractivity contribution in [3.05, 3.63) is 53.8 Å². The van der Waals surface area contributed by atoms with E-state index in [2.05, 4.69) is 10.6 Å². The molecule has 2 aromatic rings. The molecule has 2 aromatic carbocycles. The smallest absolute Gasteiger partial charge is 0.389 e. The molecule has 3 N–H and O–H groups in total. The van der Waals surface area contributed by atoms with E-state index in [4.69, 9.17) is 9.47 Å². The quantitative estimate of drug-likeness (QED) is 0.294. The van der Waals surface area contributed by atoms with E-state index in [-0.39, 0.29) is 48.7 Å². The van der Waals surface area contributed by atoms with E-state index in [0.29, 0.717) is 25.1 Å². The van der Waals surface area contributed by atoms with Crippen LogP contribution < -0.4 is 15.4 Å². The number of aliphatic hydroxyl groups is 1. The van der Waals surface area contributed by atoms with Gasteiger partial charge in [-0.25, -0.2) is 9.18 Å². The van der Waals surface area contributed by atoms with E-state index >= 15 is 0 Å². The molecule has 0 fully saturated rings. The third kappa shape index (κ3) is 12.0. The molecule has 4 amide bonds. The topological polar surface area (TPSA) is 120 Å². The Morgan fingerprint density at radius 2 is 1.77 bits per heavy atom. The summed E-state index contributed by atoms with van der Waals surface area (Å²) in [5.41, 5.74) is 0.618. The van der Waals surface area contributed by atoms with Crippen LogP contribution in [-0.2, 0) is 9.53 Å². The van der Waals surface area contributed by atoms with Crippen LogP contribution in [0.4, 0.5) is 33.7 Å². The Balaban J connectivity index is 1.87. The van der Waals surface area contributed by atoms with Crippen molar-refractivity contribution in [1.29, 1.82) is 0 Å². The minimum atomic E-state index is -4.49. The molecule has 3 rings (SSSR count). The number of nitrogens with one attached hydrogen (secondary N) is 2. The summed E-state index contributed by atoms with van der Waals surface area (Å²) in [5.74, 6) is -1.91. The van der Waals surface area contributed by atoms with Crippen LogP contribution in [0.15, 0.2) is 42.5 Å². The molecule has 0 aromatic heterocycles. The maximum absolute atomic E-state index is 14.1. The van der Waals surface area contributed by atoms with E-state index in [9.17, 15) is 37.1 Å². The second-order valence-electron chi connectivity index (χ2n) is 12.0. The van der Waals surface area contributed by atoms with Gasteiger partial charge in [0.1, 0.15) is 11.6 Å². The van der Waals surface area contributed by atoms with E-state index < -0.39 is 54.8 Å². The Morgan fingerprint density at radius 3 is 2.43 bits per heavy atom. The molecule has 0 bridgehead atoms. The second-order valence-corrected chi connectivity index (χ2v) is 12.0. The number of halogens is 4. The standard InChI is InChI=1S/C33H44F4N4O6/c1-21-18-41(22(2)20-42)31(44)27-17-26(38-30(43)14-15-33(35,36)37)12-13-28(27)47-23(3)7-5-6-16-46-29(21)19-40(4)32(45)39-25-10-8-24(34)9-11-25/h8-13,17,21-23,29,42H,5-7,14-16,18-20H2,1-4H3,(H,38,43)(H,39,45)/t21-,22+,23-,29+/m1/s1. The van der Waals surface area contributed by atoms with Gasteiger partial charge in [-0.1, -0.05) is 6.92 Å². The van der Waals surface area contributed by atoms with Gasteiger partial charge in [-0.3, -0.25) is 9.59 Å². The zero-order valence-electron chi connectivity index (χ0n) is 27.1. The van der Waals surface area contributed by atoms with Crippen LogP contribution in [-0.4, -0.2) is 90.5 Å². The number of hydrogen-bond acceptors (Lipinski definition) is 6. The van der Waals surface area contributed by atoms with Gasteiger partial charge in [0.25, 0.3) is 5.91 Å². The number of urea groups is 1.